The third-order valence-electron chi connectivity index (χ3n) is 3.14. The molecule has 0 unspecified atom stereocenters. The number of rotatable bonds is 5. The van der Waals surface area contributed by atoms with Crippen LogP contribution in [0.3, 0.4) is 0 Å². The number of aryl methyl sites for hydroxylation is 2. The van der Waals surface area contributed by atoms with Crippen LogP contribution in [0.1, 0.15) is 11.1 Å². The summed E-state index contributed by atoms with van der Waals surface area (Å²) < 4.78 is 63.1. The summed E-state index contributed by atoms with van der Waals surface area (Å²) in [7, 11) is -6.13. The maximum absolute atomic E-state index is 11.2. The first-order chi connectivity index (χ1) is 11.0. The van der Waals surface area contributed by atoms with E-state index in [1.54, 1.807) is 26.0 Å². The highest BCUT2D eigenvalue weighted by atomic mass is 33.1. The van der Waals surface area contributed by atoms with Gasteiger partial charge in [-0.05, 0) is 49.2 Å². The highest BCUT2D eigenvalue weighted by molar-refractivity contribution is 8.76. The van der Waals surface area contributed by atoms with Crippen LogP contribution in [0.2, 0.25) is 0 Å². The van der Waals surface area contributed by atoms with Crippen molar-refractivity contribution in [2.75, 3.05) is 0 Å². The van der Waals surface area contributed by atoms with Crippen molar-refractivity contribution in [2.45, 2.75) is 33.4 Å². The molecule has 2 rings (SSSR count). The van der Waals surface area contributed by atoms with Gasteiger partial charge in [-0.15, -0.1) is 0 Å². The van der Waals surface area contributed by atoms with Gasteiger partial charge in [-0.3, -0.25) is 9.11 Å². The molecular formula is C14H14O6S4. The molecule has 2 aromatic carbocycles. The van der Waals surface area contributed by atoms with Crippen LogP contribution in [0.25, 0.3) is 0 Å². The fourth-order valence-electron chi connectivity index (χ4n) is 1.75. The summed E-state index contributed by atoms with van der Waals surface area (Å²) in [5.41, 5.74) is 1.62. The Bertz CT molecular complexity index is 899. The lowest BCUT2D eigenvalue weighted by molar-refractivity contribution is 0.480. The van der Waals surface area contributed by atoms with Crippen LogP contribution < -0.4 is 0 Å². The van der Waals surface area contributed by atoms with Crippen LogP contribution in [0.15, 0.2) is 56.0 Å². The van der Waals surface area contributed by atoms with Gasteiger partial charge in [-0.25, -0.2) is 0 Å². The molecule has 0 heterocycles. The largest absolute Gasteiger partial charge is 0.294 e. The van der Waals surface area contributed by atoms with E-state index in [0.29, 0.717) is 9.79 Å². The minimum absolute atomic E-state index is 0.209. The van der Waals surface area contributed by atoms with E-state index in [9.17, 15) is 16.8 Å². The van der Waals surface area contributed by atoms with Crippen molar-refractivity contribution in [2.24, 2.45) is 0 Å². The van der Waals surface area contributed by atoms with Crippen molar-refractivity contribution in [3.8, 4) is 0 Å². The second kappa shape index (κ2) is 7.06. The average Bonchev–Trinajstić information content (AvgIpc) is 2.45. The van der Waals surface area contributed by atoms with Crippen LogP contribution >= 0.6 is 21.6 Å². The van der Waals surface area contributed by atoms with Gasteiger partial charge in [0.05, 0.1) is 9.79 Å². The van der Waals surface area contributed by atoms with Crippen molar-refractivity contribution in [3.05, 3.63) is 47.5 Å². The summed E-state index contributed by atoms with van der Waals surface area (Å²) in [5.74, 6) is 0. The lowest BCUT2D eigenvalue weighted by Gasteiger charge is -2.09. The van der Waals surface area contributed by atoms with E-state index in [2.05, 4.69) is 0 Å². The van der Waals surface area contributed by atoms with E-state index in [-0.39, 0.29) is 9.79 Å². The van der Waals surface area contributed by atoms with Crippen LogP contribution in [0.4, 0.5) is 0 Å². The predicted octanol–water partition coefficient (Wildman–Crippen LogP) is 3.60. The Kier molecular flexibility index (Phi) is 5.68. The van der Waals surface area contributed by atoms with Gasteiger partial charge in [0.2, 0.25) is 0 Å². The third-order valence-corrected chi connectivity index (χ3v) is 7.48. The molecule has 0 aromatic heterocycles. The second-order valence-electron chi connectivity index (χ2n) is 4.97. The van der Waals surface area contributed by atoms with Gasteiger partial charge in [0.15, 0.2) is 0 Å². The molecule has 0 saturated heterocycles. The predicted molar refractivity (Wildman–Crippen MR) is 93.7 cm³/mol. The maximum Gasteiger partial charge on any atom is 0.294 e. The van der Waals surface area contributed by atoms with Gasteiger partial charge < -0.3 is 0 Å². The molecular weight excluding hydrogens is 392 g/mol. The summed E-state index contributed by atoms with van der Waals surface area (Å²) in [4.78, 5) is 0.817. The van der Waals surface area contributed by atoms with Gasteiger partial charge in [-0.2, -0.15) is 16.8 Å². The molecule has 6 nitrogen and oxygen atoms in total. The molecule has 2 aromatic rings. The average molecular weight is 407 g/mol. The molecule has 0 atom stereocenters. The molecule has 0 saturated carbocycles. The molecule has 0 fully saturated rings. The van der Waals surface area contributed by atoms with Gasteiger partial charge in [0, 0.05) is 9.79 Å². The Hall–Kier alpha value is -1.04. The molecule has 2 N–H and O–H groups in total. The first-order valence-corrected chi connectivity index (χ1v) is 11.5. The molecule has 0 aliphatic rings. The van der Waals surface area contributed by atoms with Crippen molar-refractivity contribution >= 4 is 41.8 Å². The fraction of sp³-hybridized carbons (Fsp3) is 0.143. The molecule has 0 aliphatic carbocycles. The Balaban J connectivity index is 2.32. The maximum atomic E-state index is 11.2. The lowest BCUT2D eigenvalue weighted by Crippen LogP contribution is -1.98. The third kappa shape index (κ3) is 4.74. The smallest absolute Gasteiger partial charge is 0.282 e. The van der Waals surface area contributed by atoms with Gasteiger partial charge in [-0.1, -0.05) is 33.7 Å². The SMILES string of the molecule is Cc1ccc(S(=O)(=O)O)cc1SSc1cc(S(=O)(=O)O)ccc1C. The molecule has 0 spiro atoms. The molecule has 0 aliphatic heterocycles. The molecule has 0 radical (unpaired) electrons. The van der Waals surface area contributed by atoms with E-state index in [1.165, 1.54) is 45.9 Å². The summed E-state index contributed by atoms with van der Waals surface area (Å²) in [6.07, 6.45) is 0. The van der Waals surface area contributed by atoms with Crippen molar-refractivity contribution in [1.29, 1.82) is 0 Å². The Morgan fingerprint density at radius 1 is 0.708 bits per heavy atom. The van der Waals surface area contributed by atoms with Crippen molar-refractivity contribution in [1.82, 2.24) is 0 Å². The highest BCUT2D eigenvalue weighted by Crippen LogP contribution is 2.41. The number of hydrogen-bond acceptors (Lipinski definition) is 6. The first-order valence-electron chi connectivity index (χ1n) is 6.49. The van der Waals surface area contributed by atoms with Crippen LogP contribution in [-0.4, -0.2) is 25.9 Å². The lowest BCUT2D eigenvalue weighted by atomic mass is 10.2. The van der Waals surface area contributed by atoms with Crippen LogP contribution in [0.5, 0.6) is 0 Å². The molecule has 0 bridgehead atoms. The quantitative estimate of drug-likeness (QED) is 0.573. The van der Waals surface area contributed by atoms with Crippen LogP contribution in [0, 0.1) is 13.8 Å². The minimum atomic E-state index is -4.29. The summed E-state index contributed by atoms with van der Waals surface area (Å²) >= 11 is 0. The van der Waals surface area contributed by atoms with E-state index >= 15 is 0 Å². The van der Waals surface area contributed by atoms with E-state index < -0.39 is 20.2 Å². The van der Waals surface area contributed by atoms with Crippen molar-refractivity contribution < 1.29 is 25.9 Å². The second-order valence-corrected chi connectivity index (χ2v) is 10.0. The highest BCUT2D eigenvalue weighted by Gasteiger charge is 2.14. The summed E-state index contributed by atoms with van der Waals surface area (Å²) in [5, 5.41) is 0. The van der Waals surface area contributed by atoms with E-state index in [1.807, 2.05) is 0 Å². The minimum Gasteiger partial charge on any atom is -0.282 e. The van der Waals surface area contributed by atoms with Crippen molar-refractivity contribution in [3.63, 3.8) is 0 Å². The van der Waals surface area contributed by atoms with Crippen LogP contribution in [-0.2, 0) is 20.2 Å². The Labute approximate surface area is 148 Å². The summed E-state index contributed by atoms with van der Waals surface area (Å²) in [6, 6.07) is 8.47. The fourth-order valence-corrected chi connectivity index (χ4v) is 5.46. The van der Waals surface area contributed by atoms with Gasteiger partial charge in [0.1, 0.15) is 0 Å². The monoisotopic (exact) mass is 406 g/mol. The van der Waals surface area contributed by atoms with E-state index in [4.69, 9.17) is 9.11 Å². The zero-order valence-electron chi connectivity index (χ0n) is 12.6. The van der Waals surface area contributed by atoms with E-state index in [0.717, 1.165) is 11.1 Å². The Morgan fingerprint density at radius 3 is 1.33 bits per heavy atom. The number of hydrogen-bond donors (Lipinski definition) is 2. The Morgan fingerprint density at radius 2 is 1.04 bits per heavy atom. The standard InChI is InChI=1S/C14H14O6S4/c1-9-3-5-11(23(15,16)17)7-13(9)21-22-14-8-12(24(18,19)20)6-4-10(14)2/h3-8H,1-2H3,(H,15,16,17)(H,18,19,20). The normalized spacial score (nSPS) is 12.3. The summed E-state index contributed by atoms with van der Waals surface area (Å²) in [6.45, 7) is 3.58. The molecule has 10 heteroatoms. The molecule has 130 valence electrons. The molecule has 24 heavy (non-hydrogen) atoms. The zero-order chi connectivity index (χ0) is 18.1. The zero-order valence-corrected chi connectivity index (χ0v) is 15.9. The van der Waals surface area contributed by atoms with Gasteiger partial charge >= 0.3 is 0 Å². The number of benzene rings is 2. The first kappa shape index (κ1) is 19.3. The molecule has 0 amide bonds. The topological polar surface area (TPSA) is 109 Å². The van der Waals surface area contributed by atoms with Gasteiger partial charge in [0.25, 0.3) is 20.2 Å².